The lowest BCUT2D eigenvalue weighted by atomic mass is 10.0. The molecule has 1 aliphatic carbocycles. The van der Waals surface area contributed by atoms with E-state index in [0.29, 0.717) is 30.2 Å². The number of fused-ring (bicyclic) bond motifs is 6. The van der Waals surface area contributed by atoms with Crippen molar-refractivity contribution >= 4 is 33.5 Å². The number of nitrogen functional groups attached to an aromatic ring is 1. The maximum Gasteiger partial charge on any atom is 0.273 e. The molecule has 0 unspecified atom stereocenters. The van der Waals surface area contributed by atoms with Crippen molar-refractivity contribution in [3.8, 4) is 0 Å². The minimum Gasteiger partial charge on any atom is -0.383 e. The van der Waals surface area contributed by atoms with Crippen molar-refractivity contribution in [2.45, 2.75) is 25.5 Å². The number of amides is 1. The van der Waals surface area contributed by atoms with Gasteiger partial charge in [-0.25, -0.2) is 9.97 Å². The average molecular weight is 414 g/mol. The zero-order valence-corrected chi connectivity index (χ0v) is 17.4. The molecule has 4 aromatic rings. The van der Waals surface area contributed by atoms with Crippen LogP contribution in [0.15, 0.2) is 36.7 Å². The van der Waals surface area contributed by atoms with Gasteiger partial charge in [-0.3, -0.25) is 9.48 Å². The van der Waals surface area contributed by atoms with Crippen LogP contribution in [-0.4, -0.2) is 49.8 Å². The molecule has 1 saturated heterocycles. The number of nitrogens with two attached hydrogens (primary N) is 1. The smallest absolute Gasteiger partial charge is 0.273 e. The number of carbonyl (C=O) groups excluding carboxylic acids is 1. The summed E-state index contributed by atoms with van der Waals surface area (Å²) in [6, 6.07) is 8.15. The van der Waals surface area contributed by atoms with Crippen LogP contribution in [0.25, 0.3) is 21.8 Å². The first kappa shape index (κ1) is 18.3. The zero-order valence-electron chi connectivity index (χ0n) is 17.4. The van der Waals surface area contributed by atoms with E-state index < -0.39 is 0 Å². The zero-order chi connectivity index (χ0) is 21.3. The Morgan fingerprint density at radius 2 is 2.10 bits per heavy atom. The van der Waals surface area contributed by atoms with Crippen LogP contribution in [0.3, 0.4) is 0 Å². The summed E-state index contributed by atoms with van der Waals surface area (Å²) in [4.78, 5) is 24.4. The van der Waals surface area contributed by atoms with Crippen molar-refractivity contribution in [3.63, 3.8) is 0 Å². The Balaban J connectivity index is 1.45. The van der Waals surface area contributed by atoms with Crippen LogP contribution >= 0.6 is 0 Å². The summed E-state index contributed by atoms with van der Waals surface area (Å²) in [5, 5.41) is 5.90. The molecular weight excluding hydrogens is 392 g/mol. The van der Waals surface area contributed by atoms with Crippen LogP contribution in [0.2, 0.25) is 0 Å². The molecule has 31 heavy (non-hydrogen) atoms. The van der Waals surface area contributed by atoms with Gasteiger partial charge in [-0.05, 0) is 24.1 Å². The van der Waals surface area contributed by atoms with E-state index in [1.54, 1.807) is 17.1 Å². The van der Waals surface area contributed by atoms with Gasteiger partial charge < -0.3 is 15.4 Å². The molecule has 0 radical (unpaired) electrons. The van der Waals surface area contributed by atoms with E-state index in [4.69, 9.17) is 10.5 Å². The number of aryl methyl sites for hydroxylation is 2. The quantitative estimate of drug-likeness (QED) is 0.514. The molecule has 8 heteroatoms. The van der Waals surface area contributed by atoms with Gasteiger partial charge in [-0.2, -0.15) is 5.10 Å². The number of benzene rings is 1. The summed E-state index contributed by atoms with van der Waals surface area (Å²) in [6.07, 6.45) is 4.13. The Bertz CT molecular complexity index is 1380. The number of pyridine rings is 2. The van der Waals surface area contributed by atoms with Crippen molar-refractivity contribution in [2.75, 3.05) is 18.9 Å². The average Bonchev–Trinajstić information content (AvgIpc) is 3.33. The second kappa shape index (κ2) is 6.49. The highest BCUT2D eigenvalue weighted by Gasteiger charge is 2.42. The first-order valence-electron chi connectivity index (χ1n) is 10.4. The molecule has 6 rings (SSSR count). The molecule has 1 amide bonds. The maximum absolute atomic E-state index is 13.6. The third-order valence-corrected chi connectivity index (χ3v) is 6.46. The Labute approximate surface area is 178 Å². The second-order valence-electron chi connectivity index (χ2n) is 8.37. The summed E-state index contributed by atoms with van der Waals surface area (Å²) in [5.74, 6) is 0.311. The Hall–Kier alpha value is -3.52. The summed E-state index contributed by atoms with van der Waals surface area (Å²) >= 11 is 0. The lowest BCUT2D eigenvalue weighted by Crippen LogP contribution is -2.46. The van der Waals surface area contributed by atoms with Crippen molar-refractivity contribution in [1.82, 2.24) is 24.6 Å². The molecule has 2 N–H and O–H groups in total. The lowest BCUT2D eigenvalue weighted by molar-refractivity contribution is -0.0517. The van der Waals surface area contributed by atoms with Crippen LogP contribution < -0.4 is 5.73 Å². The molecule has 0 bridgehead atoms. The molecule has 156 valence electrons. The fourth-order valence-corrected chi connectivity index (χ4v) is 5.04. The van der Waals surface area contributed by atoms with Gasteiger partial charge in [-0.15, -0.1) is 0 Å². The predicted octanol–water partition coefficient (Wildman–Crippen LogP) is 2.55. The number of hydrogen-bond acceptors (Lipinski definition) is 6. The molecule has 2 aliphatic rings. The number of hydrogen-bond donors (Lipinski definition) is 1. The van der Waals surface area contributed by atoms with Crippen molar-refractivity contribution < 1.29 is 9.53 Å². The summed E-state index contributed by atoms with van der Waals surface area (Å²) < 4.78 is 7.79. The van der Waals surface area contributed by atoms with E-state index in [-0.39, 0.29) is 18.1 Å². The SMILES string of the molecule is Cc1ccc2c(c1)C[C@H]1OCCN(C(=O)c3cc4c(cn3)nc(N)c3cnn(C)c34)[C@@H]21. The van der Waals surface area contributed by atoms with Crippen LogP contribution in [0.5, 0.6) is 0 Å². The summed E-state index contributed by atoms with van der Waals surface area (Å²) in [5.41, 5.74) is 11.6. The number of carbonyl (C=O) groups is 1. The summed E-state index contributed by atoms with van der Waals surface area (Å²) in [6.45, 7) is 3.15. The molecule has 2 atom stereocenters. The Morgan fingerprint density at radius 1 is 1.23 bits per heavy atom. The van der Waals surface area contributed by atoms with E-state index in [0.717, 1.165) is 22.7 Å². The van der Waals surface area contributed by atoms with Gasteiger partial charge in [-0.1, -0.05) is 23.8 Å². The molecule has 1 fully saturated rings. The van der Waals surface area contributed by atoms with E-state index >= 15 is 0 Å². The number of ether oxygens (including phenoxy) is 1. The topological polar surface area (TPSA) is 99.2 Å². The van der Waals surface area contributed by atoms with Gasteiger partial charge in [0.1, 0.15) is 11.5 Å². The van der Waals surface area contributed by atoms with Crippen molar-refractivity contribution in [3.05, 3.63) is 59.0 Å². The first-order chi connectivity index (χ1) is 15.0. The van der Waals surface area contributed by atoms with Gasteiger partial charge >= 0.3 is 0 Å². The molecule has 1 aromatic carbocycles. The summed E-state index contributed by atoms with van der Waals surface area (Å²) in [7, 11) is 1.85. The molecule has 0 spiro atoms. The highest BCUT2D eigenvalue weighted by atomic mass is 16.5. The first-order valence-corrected chi connectivity index (χ1v) is 10.4. The highest BCUT2D eigenvalue weighted by Crippen LogP contribution is 2.41. The van der Waals surface area contributed by atoms with E-state index in [1.165, 1.54) is 16.7 Å². The number of anilines is 1. The van der Waals surface area contributed by atoms with Crippen LogP contribution in [0.4, 0.5) is 5.82 Å². The number of rotatable bonds is 1. The minimum atomic E-state index is -0.0965. The standard InChI is InChI=1S/C23H22N6O2/c1-12-3-4-14-13(7-12)8-19-21(14)29(5-6-31-19)23(30)17-9-15-18(11-25-17)27-22(24)16-10-26-28(2)20(15)16/h3-4,7,9-11,19,21H,5-6,8H2,1-2H3,(H2,24,27)/t19-,21+/m1/s1. The molecule has 0 saturated carbocycles. The van der Waals surface area contributed by atoms with E-state index in [1.807, 2.05) is 18.0 Å². The highest BCUT2D eigenvalue weighted by molar-refractivity contribution is 6.09. The monoisotopic (exact) mass is 414 g/mol. The van der Waals surface area contributed by atoms with Gasteiger partial charge in [0.25, 0.3) is 5.91 Å². The molecule has 8 nitrogen and oxygen atoms in total. The molecule has 1 aliphatic heterocycles. The number of morpholine rings is 1. The van der Waals surface area contributed by atoms with Gasteiger partial charge in [0, 0.05) is 25.4 Å². The Kier molecular flexibility index (Phi) is 3.82. The minimum absolute atomic E-state index is 0.0137. The van der Waals surface area contributed by atoms with E-state index in [9.17, 15) is 4.79 Å². The fraction of sp³-hybridized carbons (Fsp3) is 0.304. The normalized spacial score (nSPS) is 20.3. The largest absolute Gasteiger partial charge is 0.383 e. The lowest BCUT2D eigenvalue weighted by Gasteiger charge is -2.38. The number of aromatic nitrogens is 4. The van der Waals surface area contributed by atoms with Crippen molar-refractivity contribution in [2.24, 2.45) is 7.05 Å². The van der Waals surface area contributed by atoms with E-state index in [2.05, 4.69) is 40.2 Å². The third kappa shape index (κ3) is 2.64. The van der Waals surface area contributed by atoms with Crippen LogP contribution in [0.1, 0.15) is 33.2 Å². The molecular formula is C23H22N6O2. The predicted molar refractivity (Wildman–Crippen MR) is 117 cm³/mol. The number of nitrogens with zero attached hydrogens (tertiary/aromatic N) is 5. The maximum atomic E-state index is 13.6. The third-order valence-electron chi connectivity index (χ3n) is 6.46. The fourth-order valence-electron chi connectivity index (χ4n) is 5.04. The van der Waals surface area contributed by atoms with Gasteiger partial charge in [0.2, 0.25) is 0 Å². The molecule has 3 aromatic heterocycles. The molecule has 4 heterocycles. The van der Waals surface area contributed by atoms with Crippen molar-refractivity contribution in [1.29, 1.82) is 0 Å². The second-order valence-corrected chi connectivity index (χ2v) is 8.37. The van der Waals surface area contributed by atoms with Gasteiger partial charge in [0.05, 0.1) is 47.6 Å². The van der Waals surface area contributed by atoms with Gasteiger partial charge in [0.15, 0.2) is 0 Å². The van der Waals surface area contributed by atoms with Crippen LogP contribution in [0, 0.1) is 6.92 Å². The Morgan fingerprint density at radius 3 is 2.97 bits per heavy atom. The van der Waals surface area contributed by atoms with Crippen LogP contribution in [-0.2, 0) is 18.2 Å².